The third kappa shape index (κ3) is 5.32. The van der Waals surface area contributed by atoms with Crippen molar-refractivity contribution in [3.8, 4) is 0 Å². The second-order valence-electron chi connectivity index (χ2n) is 6.93. The molecule has 0 spiro atoms. The van der Waals surface area contributed by atoms with E-state index in [0.717, 1.165) is 30.5 Å². The molecule has 1 aliphatic heterocycles. The predicted molar refractivity (Wildman–Crippen MR) is 102 cm³/mol. The van der Waals surface area contributed by atoms with Crippen molar-refractivity contribution in [1.82, 2.24) is 20.5 Å². The van der Waals surface area contributed by atoms with E-state index in [4.69, 9.17) is 4.42 Å². The predicted octanol–water partition coefficient (Wildman–Crippen LogP) is 2.44. The molecule has 2 aromatic rings. The lowest BCUT2D eigenvalue weighted by Crippen LogP contribution is -2.49. The van der Waals surface area contributed by atoms with Crippen LogP contribution in [0.4, 0.5) is 4.79 Å². The number of hydrogen-bond acceptors (Lipinski definition) is 4. The van der Waals surface area contributed by atoms with Gasteiger partial charge in [0.2, 0.25) is 0 Å². The van der Waals surface area contributed by atoms with Gasteiger partial charge in [-0.15, -0.1) is 0 Å². The zero-order chi connectivity index (χ0) is 19.2. The first-order chi connectivity index (χ1) is 13.0. The molecule has 27 heavy (non-hydrogen) atoms. The first-order valence-electron chi connectivity index (χ1n) is 9.33. The number of pyridine rings is 1. The highest BCUT2D eigenvalue weighted by Crippen LogP contribution is 2.13. The molecule has 0 aliphatic carbocycles. The molecule has 0 unspecified atom stereocenters. The van der Waals surface area contributed by atoms with Crippen molar-refractivity contribution in [1.29, 1.82) is 0 Å². The molecule has 0 radical (unpaired) electrons. The fourth-order valence-corrected chi connectivity index (χ4v) is 3.11. The maximum absolute atomic E-state index is 12.3. The van der Waals surface area contributed by atoms with E-state index >= 15 is 0 Å². The zero-order valence-electron chi connectivity index (χ0n) is 15.8. The van der Waals surface area contributed by atoms with Gasteiger partial charge in [-0.25, -0.2) is 4.79 Å². The molecule has 2 aromatic heterocycles. The standard InChI is InChI=1S/C20H26N4O3/c1-14-3-5-16(13-22-14)7-10-21-20(26)24-11-8-17(9-12-24)23-19(25)18-6-4-15(2)27-18/h3-6,13,17H,7-12H2,1-2H3,(H,21,26)(H,23,25). The van der Waals surface area contributed by atoms with E-state index in [-0.39, 0.29) is 18.0 Å². The van der Waals surface area contributed by atoms with E-state index < -0.39 is 0 Å². The van der Waals surface area contributed by atoms with Crippen molar-refractivity contribution >= 4 is 11.9 Å². The first kappa shape index (κ1) is 18.9. The molecule has 1 aliphatic rings. The van der Waals surface area contributed by atoms with Gasteiger partial charge in [0.25, 0.3) is 5.91 Å². The third-order valence-electron chi connectivity index (χ3n) is 4.74. The van der Waals surface area contributed by atoms with Gasteiger partial charge >= 0.3 is 6.03 Å². The summed E-state index contributed by atoms with van der Waals surface area (Å²) < 4.78 is 5.34. The number of rotatable bonds is 5. The van der Waals surface area contributed by atoms with E-state index in [1.54, 1.807) is 17.0 Å². The lowest BCUT2D eigenvalue weighted by molar-refractivity contribution is 0.0888. The molecule has 1 saturated heterocycles. The summed E-state index contributed by atoms with van der Waals surface area (Å²) in [6.07, 6.45) is 4.08. The van der Waals surface area contributed by atoms with Gasteiger partial charge in [0.15, 0.2) is 5.76 Å². The molecule has 0 saturated carbocycles. The molecule has 0 atom stereocenters. The summed E-state index contributed by atoms with van der Waals surface area (Å²) in [6.45, 7) is 5.59. The average Bonchev–Trinajstić information content (AvgIpc) is 3.10. The summed E-state index contributed by atoms with van der Waals surface area (Å²) in [5, 5.41) is 5.94. The minimum absolute atomic E-state index is 0.0542. The van der Waals surface area contributed by atoms with E-state index in [1.165, 1.54) is 0 Å². The van der Waals surface area contributed by atoms with E-state index in [9.17, 15) is 9.59 Å². The summed E-state index contributed by atoms with van der Waals surface area (Å²) in [5.74, 6) is 0.851. The van der Waals surface area contributed by atoms with Crippen LogP contribution < -0.4 is 10.6 Å². The van der Waals surface area contributed by atoms with Crippen molar-refractivity contribution in [3.63, 3.8) is 0 Å². The minimum atomic E-state index is -0.197. The van der Waals surface area contributed by atoms with Crippen LogP contribution in [0.1, 0.15) is 40.4 Å². The average molecular weight is 370 g/mol. The topological polar surface area (TPSA) is 87.5 Å². The Morgan fingerprint density at radius 2 is 1.96 bits per heavy atom. The Kier molecular flexibility index (Phi) is 6.11. The molecule has 3 amide bonds. The van der Waals surface area contributed by atoms with Gasteiger partial charge in [-0.3, -0.25) is 9.78 Å². The highest BCUT2D eigenvalue weighted by atomic mass is 16.3. The minimum Gasteiger partial charge on any atom is -0.456 e. The third-order valence-corrected chi connectivity index (χ3v) is 4.74. The number of furan rings is 1. The molecule has 0 bridgehead atoms. The lowest BCUT2D eigenvalue weighted by Gasteiger charge is -2.32. The number of likely N-dealkylation sites (tertiary alicyclic amines) is 1. The molecule has 1 fully saturated rings. The summed E-state index contributed by atoms with van der Waals surface area (Å²) in [5.41, 5.74) is 2.09. The molecule has 7 nitrogen and oxygen atoms in total. The van der Waals surface area contributed by atoms with Crippen LogP contribution in [0.25, 0.3) is 0 Å². The van der Waals surface area contributed by atoms with Crippen LogP contribution >= 0.6 is 0 Å². The number of amides is 3. The van der Waals surface area contributed by atoms with E-state index in [0.29, 0.717) is 31.2 Å². The zero-order valence-corrected chi connectivity index (χ0v) is 15.8. The smallest absolute Gasteiger partial charge is 0.317 e. The Labute approximate surface area is 159 Å². The molecule has 7 heteroatoms. The maximum Gasteiger partial charge on any atom is 0.317 e. The molecular weight excluding hydrogens is 344 g/mol. The second kappa shape index (κ2) is 8.70. The number of aromatic nitrogens is 1. The number of hydrogen-bond donors (Lipinski definition) is 2. The Bertz CT molecular complexity index is 777. The van der Waals surface area contributed by atoms with Gasteiger partial charge in [-0.2, -0.15) is 0 Å². The molecule has 3 heterocycles. The SMILES string of the molecule is Cc1ccc(CCNC(=O)N2CCC(NC(=O)c3ccc(C)o3)CC2)cn1. The Morgan fingerprint density at radius 3 is 2.59 bits per heavy atom. The van der Waals surface area contributed by atoms with Crippen molar-refractivity contribution in [2.24, 2.45) is 0 Å². The Morgan fingerprint density at radius 1 is 1.19 bits per heavy atom. The second-order valence-corrected chi connectivity index (χ2v) is 6.93. The van der Waals surface area contributed by atoms with Crippen LogP contribution in [0.3, 0.4) is 0 Å². The van der Waals surface area contributed by atoms with Gasteiger partial charge in [0.1, 0.15) is 5.76 Å². The molecular formula is C20H26N4O3. The number of piperidine rings is 1. The van der Waals surface area contributed by atoms with Gasteiger partial charge in [0, 0.05) is 37.6 Å². The molecule has 3 rings (SSSR count). The van der Waals surface area contributed by atoms with Crippen molar-refractivity contribution in [2.75, 3.05) is 19.6 Å². The van der Waals surface area contributed by atoms with E-state index in [1.807, 2.05) is 32.2 Å². The summed E-state index contributed by atoms with van der Waals surface area (Å²) in [6, 6.07) is 7.46. The van der Waals surface area contributed by atoms with Crippen LogP contribution in [-0.2, 0) is 6.42 Å². The van der Waals surface area contributed by atoms with Crippen LogP contribution in [0.5, 0.6) is 0 Å². The fourth-order valence-electron chi connectivity index (χ4n) is 3.11. The highest BCUT2D eigenvalue weighted by molar-refractivity contribution is 5.91. The van der Waals surface area contributed by atoms with Crippen LogP contribution in [0.15, 0.2) is 34.9 Å². The number of urea groups is 1. The lowest BCUT2D eigenvalue weighted by atomic mass is 10.1. The van der Waals surface area contributed by atoms with Gasteiger partial charge in [0.05, 0.1) is 0 Å². The molecule has 0 aromatic carbocycles. The summed E-state index contributed by atoms with van der Waals surface area (Å²) >= 11 is 0. The number of carbonyl (C=O) groups is 2. The van der Waals surface area contributed by atoms with Crippen LogP contribution in [0, 0.1) is 13.8 Å². The first-order valence-corrected chi connectivity index (χ1v) is 9.33. The largest absolute Gasteiger partial charge is 0.456 e. The number of nitrogens with one attached hydrogen (secondary N) is 2. The number of aryl methyl sites for hydroxylation is 2. The van der Waals surface area contributed by atoms with Gasteiger partial charge in [-0.1, -0.05) is 6.07 Å². The van der Waals surface area contributed by atoms with E-state index in [2.05, 4.69) is 15.6 Å². The molecule has 144 valence electrons. The van der Waals surface area contributed by atoms with Gasteiger partial charge in [-0.05, 0) is 56.9 Å². The van der Waals surface area contributed by atoms with Crippen molar-refractivity contribution in [3.05, 3.63) is 53.2 Å². The monoisotopic (exact) mass is 370 g/mol. The number of nitrogens with zero attached hydrogens (tertiary/aromatic N) is 2. The maximum atomic E-state index is 12.3. The van der Waals surface area contributed by atoms with Crippen molar-refractivity contribution in [2.45, 2.75) is 39.2 Å². The van der Waals surface area contributed by atoms with Crippen LogP contribution in [-0.4, -0.2) is 47.5 Å². The normalized spacial score (nSPS) is 14.8. The summed E-state index contributed by atoms with van der Waals surface area (Å²) in [7, 11) is 0. The Balaban J connectivity index is 1.37. The quantitative estimate of drug-likeness (QED) is 0.846. The summed E-state index contributed by atoms with van der Waals surface area (Å²) in [4.78, 5) is 30.5. The fraction of sp³-hybridized carbons (Fsp3) is 0.450. The highest BCUT2D eigenvalue weighted by Gasteiger charge is 2.24. The Hall–Kier alpha value is -2.83. The molecule has 2 N–H and O–H groups in total. The number of carbonyl (C=O) groups excluding carboxylic acids is 2. The van der Waals surface area contributed by atoms with Crippen LogP contribution in [0.2, 0.25) is 0 Å². The van der Waals surface area contributed by atoms with Crippen molar-refractivity contribution < 1.29 is 14.0 Å². The van der Waals surface area contributed by atoms with Gasteiger partial charge < -0.3 is 20.0 Å².